The summed E-state index contributed by atoms with van der Waals surface area (Å²) < 4.78 is 0. The molecule has 1 unspecified atom stereocenters. The Morgan fingerprint density at radius 3 is 2.90 bits per heavy atom. The van der Waals surface area contributed by atoms with Gasteiger partial charge in [-0.3, -0.25) is 0 Å². The molecule has 2 aromatic rings. The average molecular weight is 277 g/mol. The Labute approximate surface area is 125 Å². The van der Waals surface area contributed by atoms with Crippen molar-refractivity contribution in [2.75, 3.05) is 6.54 Å². The van der Waals surface area contributed by atoms with E-state index in [2.05, 4.69) is 43.4 Å². The summed E-state index contributed by atoms with van der Waals surface area (Å²) in [5.74, 6) is 0.618. The van der Waals surface area contributed by atoms with E-state index >= 15 is 0 Å². The third-order valence-electron chi connectivity index (χ3n) is 4.12. The number of nitrogens with one attached hydrogen (secondary N) is 1. The Balaban J connectivity index is 1.94. The highest BCUT2D eigenvalue weighted by Crippen LogP contribution is 2.26. The molecule has 0 bridgehead atoms. The summed E-state index contributed by atoms with van der Waals surface area (Å²) in [5.41, 5.74) is 4.00. The van der Waals surface area contributed by atoms with Gasteiger partial charge in [-0.25, -0.2) is 4.98 Å². The molecule has 0 aliphatic carbocycles. The van der Waals surface area contributed by atoms with Crippen LogP contribution in [0.25, 0.3) is 16.5 Å². The van der Waals surface area contributed by atoms with Crippen molar-refractivity contribution < 1.29 is 0 Å². The van der Waals surface area contributed by atoms with Gasteiger partial charge in [0.1, 0.15) is 0 Å². The lowest BCUT2D eigenvalue weighted by atomic mass is 9.91. The second kappa shape index (κ2) is 5.67. The molecule has 1 aliphatic rings. The SMILES string of the molecule is CC(C)C1CC(c2ccc3cc(C#N)ccc3n2)=CCN1. The molecular weight excluding hydrogens is 258 g/mol. The van der Waals surface area contributed by atoms with E-state index in [0.29, 0.717) is 17.5 Å². The summed E-state index contributed by atoms with van der Waals surface area (Å²) in [5, 5.41) is 13.5. The molecule has 1 aromatic carbocycles. The van der Waals surface area contributed by atoms with E-state index < -0.39 is 0 Å². The summed E-state index contributed by atoms with van der Waals surface area (Å²) >= 11 is 0. The molecule has 21 heavy (non-hydrogen) atoms. The zero-order valence-electron chi connectivity index (χ0n) is 12.4. The van der Waals surface area contributed by atoms with Crippen LogP contribution in [-0.4, -0.2) is 17.6 Å². The molecule has 3 rings (SSSR count). The molecule has 1 N–H and O–H groups in total. The zero-order chi connectivity index (χ0) is 14.8. The van der Waals surface area contributed by atoms with Crippen LogP contribution in [0, 0.1) is 17.2 Å². The third kappa shape index (κ3) is 2.81. The van der Waals surface area contributed by atoms with Gasteiger partial charge in [-0.2, -0.15) is 5.26 Å². The van der Waals surface area contributed by atoms with E-state index in [-0.39, 0.29) is 0 Å². The van der Waals surface area contributed by atoms with Gasteiger partial charge in [0.2, 0.25) is 0 Å². The first-order valence-corrected chi connectivity index (χ1v) is 7.41. The lowest BCUT2D eigenvalue weighted by Crippen LogP contribution is -2.37. The lowest BCUT2D eigenvalue weighted by Gasteiger charge is -2.27. The van der Waals surface area contributed by atoms with Crippen LogP contribution in [0.4, 0.5) is 0 Å². The molecule has 0 saturated carbocycles. The molecule has 0 radical (unpaired) electrons. The topological polar surface area (TPSA) is 48.7 Å². The predicted octanol–water partition coefficient (Wildman–Crippen LogP) is 3.51. The number of nitriles is 1. The van der Waals surface area contributed by atoms with Gasteiger partial charge in [0.15, 0.2) is 0 Å². The second-order valence-electron chi connectivity index (χ2n) is 5.91. The predicted molar refractivity (Wildman–Crippen MR) is 85.7 cm³/mol. The van der Waals surface area contributed by atoms with Crippen molar-refractivity contribution in [3.8, 4) is 6.07 Å². The second-order valence-corrected chi connectivity index (χ2v) is 5.91. The Hall–Kier alpha value is -2.18. The molecule has 1 aromatic heterocycles. The first-order chi connectivity index (χ1) is 10.2. The van der Waals surface area contributed by atoms with E-state index in [0.717, 1.165) is 29.6 Å². The van der Waals surface area contributed by atoms with Crippen LogP contribution in [-0.2, 0) is 0 Å². The Morgan fingerprint density at radius 2 is 2.14 bits per heavy atom. The molecule has 0 fully saturated rings. The van der Waals surface area contributed by atoms with Crippen molar-refractivity contribution in [2.24, 2.45) is 5.92 Å². The lowest BCUT2D eigenvalue weighted by molar-refractivity contribution is 0.412. The minimum atomic E-state index is 0.517. The number of benzene rings is 1. The van der Waals surface area contributed by atoms with Gasteiger partial charge in [0, 0.05) is 18.0 Å². The van der Waals surface area contributed by atoms with E-state index in [1.54, 1.807) is 0 Å². The Bertz CT molecular complexity index is 738. The number of nitrogens with zero attached hydrogens (tertiary/aromatic N) is 2. The summed E-state index contributed by atoms with van der Waals surface area (Å²) in [6, 6.07) is 12.5. The molecule has 0 saturated heterocycles. The normalized spacial score (nSPS) is 18.6. The van der Waals surface area contributed by atoms with Gasteiger partial charge in [-0.1, -0.05) is 26.0 Å². The number of rotatable bonds is 2. The zero-order valence-corrected chi connectivity index (χ0v) is 12.4. The molecule has 0 spiro atoms. The largest absolute Gasteiger partial charge is 0.310 e. The molecule has 0 amide bonds. The highest BCUT2D eigenvalue weighted by atomic mass is 14.9. The van der Waals surface area contributed by atoms with Crippen LogP contribution >= 0.6 is 0 Å². The highest BCUT2D eigenvalue weighted by molar-refractivity contribution is 5.82. The van der Waals surface area contributed by atoms with Gasteiger partial charge in [0.25, 0.3) is 0 Å². The number of fused-ring (bicyclic) bond motifs is 1. The maximum atomic E-state index is 8.95. The minimum absolute atomic E-state index is 0.517. The molecule has 1 atom stereocenters. The number of aromatic nitrogens is 1. The van der Waals surface area contributed by atoms with Gasteiger partial charge in [-0.15, -0.1) is 0 Å². The number of hydrogen-bond acceptors (Lipinski definition) is 3. The van der Waals surface area contributed by atoms with E-state index in [4.69, 9.17) is 10.2 Å². The molecule has 2 heterocycles. The fourth-order valence-corrected chi connectivity index (χ4v) is 2.78. The van der Waals surface area contributed by atoms with E-state index in [1.165, 1.54) is 5.57 Å². The number of pyridine rings is 1. The van der Waals surface area contributed by atoms with Gasteiger partial charge in [-0.05, 0) is 42.2 Å². The van der Waals surface area contributed by atoms with Crippen LogP contribution in [0.3, 0.4) is 0 Å². The third-order valence-corrected chi connectivity index (χ3v) is 4.12. The first kappa shape index (κ1) is 13.8. The van der Waals surface area contributed by atoms with Crippen molar-refractivity contribution in [1.29, 1.82) is 5.26 Å². The van der Waals surface area contributed by atoms with Crippen LogP contribution in [0.15, 0.2) is 36.4 Å². The summed E-state index contributed by atoms with van der Waals surface area (Å²) in [4.78, 5) is 4.76. The van der Waals surface area contributed by atoms with E-state index in [9.17, 15) is 0 Å². The average Bonchev–Trinajstić information content (AvgIpc) is 2.54. The quantitative estimate of drug-likeness (QED) is 0.914. The Kier molecular flexibility index (Phi) is 3.72. The van der Waals surface area contributed by atoms with Crippen LogP contribution in [0.2, 0.25) is 0 Å². The maximum Gasteiger partial charge on any atom is 0.0991 e. The maximum absolute atomic E-state index is 8.95. The van der Waals surface area contributed by atoms with Crippen molar-refractivity contribution in [2.45, 2.75) is 26.3 Å². The van der Waals surface area contributed by atoms with Crippen molar-refractivity contribution in [1.82, 2.24) is 10.3 Å². The van der Waals surface area contributed by atoms with Crippen LogP contribution < -0.4 is 5.32 Å². The minimum Gasteiger partial charge on any atom is -0.310 e. The monoisotopic (exact) mass is 277 g/mol. The van der Waals surface area contributed by atoms with Crippen LogP contribution in [0.5, 0.6) is 0 Å². The van der Waals surface area contributed by atoms with Gasteiger partial charge in [0.05, 0.1) is 22.8 Å². The van der Waals surface area contributed by atoms with Gasteiger partial charge >= 0.3 is 0 Å². The molecule has 1 aliphatic heterocycles. The van der Waals surface area contributed by atoms with Crippen molar-refractivity contribution >= 4 is 16.5 Å². The molecule has 3 nitrogen and oxygen atoms in total. The smallest absolute Gasteiger partial charge is 0.0991 e. The highest BCUT2D eigenvalue weighted by Gasteiger charge is 2.19. The standard InChI is InChI=1S/C18H19N3/c1-12(2)18-10-15(7-8-20-18)17-6-4-14-9-13(11-19)3-5-16(14)21-17/h3-7,9,12,18,20H,8,10H2,1-2H3. The molecular formula is C18H19N3. The van der Waals surface area contributed by atoms with Crippen molar-refractivity contribution in [3.05, 3.63) is 47.7 Å². The Morgan fingerprint density at radius 1 is 1.29 bits per heavy atom. The molecule has 106 valence electrons. The van der Waals surface area contributed by atoms with Gasteiger partial charge < -0.3 is 5.32 Å². The first-order valence-electron chi connectivity index (χ1n) is 7.41. The fraction of sp³-hybridized carbons (Fsp3) is 0.333. The van der Waals surface area contributed by atoms with Crippen LogP contribution in [0.1, 0.15) is 31.5 Å². The fourth-order valence-electron chi connectivity index (χ4n) is 2.78. The molecule has 3 heteroatoms. The summed E-state index contributed by atoms with van der Waals surface area (Å²) in [6.07, 6.45) is 3.25. The van der Waals surface area contributed by atoms with Crippen molar-refractivity contribution in [3.63, 3.8) is 0 Å². The van der Waals surface area contributed by atoms with E-state index in [1.807, 2.05) is 18.2 Å². The number of hydrogen-bond donors (Lipinski definition) is 1. The summed E-state index contributed by atoms with van der Waals surface area (Å²) in [7, 11) is 0. The summed E-state index contributed by atoms with van der Waals surface area (Å²) in [6.45, 7) is 5.40.